The zero-order chi connectivity index (χ0) is 106. The Morgan fingerprint density at radius 1 is 0.238 bits per heavy atom. The van der Waals surface area contributed by atoms with E-state index in [1.807, 2.05) is 120 Å². The van der Waals surface area contributed by atoms with Gasteiger partial charge in [0.15, 0.2) is 0 Å². The normalized spacial score (nSPS) is 9.66. The lowest BCUT2D eigenvalue weighted by atomic mass is 10.2. The van der Waals surface area contributed by atoms with Gasteiger partial charge in [-0.1, -0.05) is 175 Å². The molecule has 0 aliphatic carbocycles. The van der Waals surface area contributed by atoms with Crippen LogP contribution in [-0.2, 0) is 60.6 Å². The molecule has 0 unspecified atom stereocenters. The molecule has 0 saturated carbocycles. The fraction of sp³-hybridized carbons (Fsp3) is 0.348. The van der Waals surface area contributed by atoms with Gasteiger partial charge in [-0.05, 0) is 277 Å². The summed E-state index contributed by atoms with van der Waals surface area (Å²) in [6, 6.07) is 76.9. The van der Waals surface area contributed by atoms with Crippen molar-refractivity contribution in [2.45, 2.75) is 159 Å². The van der Waals surface area contributed by atoms with Crippen molar-refractivity contribution in [3.8, 4) is 34.5 Å². The zero-order valence-corrected chi connectivity index (χ0v) is 86.9. The summed E-state index contributed by atoms with van der Waals surface area (Å²) in [5.74, 6) is 1.11. The molecule has 143 heavy (non-hydrogen) atoms. The second-order valence-electron chi connectivity index (χ2n) is 30.6. The lowest BCUT2D eigenvalue weighted by Gasteiger charge is -2.06. The van der Waals surface area contributed by atoms with E-state index in [9.17, 15) is 47.5 Å². The highest BCUT2D eigenvalue weighted by Gasteiger charge is 2.12. The van der Waals surface area contributed by atoms with Crippen molar-refractivity contribution < 1.29 is 128 Å². The Morgan fingerprint density at radius 3 is 0.664 bits per heavy atom. The van der Waals surface area contributed by atoms with Gasteiger partial charge in [-0.25, -0.2) is 47.5 Å². The largest absolute Gasteiger partial charge is 0.494 e. The van der Waals surface area contributed by atoms with Crippen LogP contribution in [0.4, 0.5) is 4.39 Å². The number of rotatable bonds is 38. The molecule has 11 aromatic carbocycles. The highest BCUT2D eigenvalue weighted by Crippen LogP contribution is 2.21. The number of aryl methyl sites for hydroxylation is 3. The van der Waals surface area contributed by atoms with Gasteiger partial charge < -0.3 is 80.9 Å². The van der Waals surface area contributed by atoms with Crippen molar-refractivity contribution in [1.82, 2.24) is 0 Å². The van der Waals surface area contributed by atoms with Crippen molar-refractivity contribution in [2.75, 3.05) is 111 Å². The summed E-state index contributed by atoms with van der Waals surface area (Å²) in [5.41, 5.74) is 10.3. The Kier molecular flexibility index (Phi) is 71.1. The Balaban J connectivity index is 0.000000789. The van der Waals surface area contributed by atoms with Crippen LogP contribution in [0.2, 0.25) is 5.02 Å². The van der Waals surface area contributed by atoms with Gasteiger partial charge in [0.25, 0.3) is 0 Å². The molecule has 0 saturated heterocycles. The molecule has 0 aromatic heterocycles. The molecule has 0 fully saturated rings. The third-order valence-electron chi connectivity index (χ3n) is 19.2. The summed E-state index contributed by atoms with van der Waals surface area (Å²) in [6.07, 6.45) is 15.1. The van der Waals surface area contributed by atoms with Gasteiger partial charge in [0.05, 0.1) is 160 Å². The minimum atomic E-state index is -0.934. The SMILES string of the molecule is CCCCCCOc1ccc(COC)cc1.CCCCCOc1ccc(C(=O)OC)cc1.CCCCCOc1ccc(COC)cc1.CCCCOc1ccc(C(=O)OC)cc1.CCCOc1ccc(C(=O)OC)cc1.CCOc1ccc(C(=O)OC)cc1.COC(=O)c1ccc(C)cc1.COC(=O)c1ccc(C)cc1.COC(=O)c1ccc(C)cc1.COC(=O)c1ccc(F)cc1.O=C(O)c1ccc(Cl)cc1. The Morgan fingerprint density at radius 2 is 0.441 bits per heavy atom. The van der Waals surface area contributed by atoms with E-state index in [0.717, 1.165) is 110 Å². The van der Waals surface area contributed by atoms with E-state index in [2.05, 4.69) is 65.6 Å². The third kappa shape index (κ3) is 59.1. The Bertz CT molecular complexity index is 5010. The number of hydrogen-bond acceptors (Lipinski definition) is 25. The number of esters is 8. The molecule has 28 heteroatoms. The van der Waals surface area contributed by atoms with Gasteiger partial charge in [-0.3, -0.25) is 0 Å². The Labute approximate surface area is 848 Å². The molecule has 1 N–H and O–H groups in total. The smallest absolute Gasteiger partial charge is 0.337 e. The maximum absolute atomic E-state index is 12.3. The predicted molar refractivity (Wildman–Crippen MR) is 556 cm³/mol. The van der Waals surface area contributed by atoms with Crippen molar-refractivity contribution in [1.29, 1.82) is 0 Å². The van der Waals surface area contributed by atoms with E-state index in [1.54, 1.807) is 160 Å². The number of carbonyl (C=O) groups is 9. The maximum atomic E-state index is 12.3. The Hall–Kier alpha value is -14.4. The summed E-state index contributed by atoms with van der Waals surface area (Å²) in [5, 5.41) is 8.98. The van der Waals surface area contributed by atoms with Crippen LogP contribution >= 0.6 is 11.6 Å². The minimum Gasteiger partial charge on any atom is -0.494 e. The van der Waals surface area contributed by atoms with Crippen molar-refractivity contribution in [2.24, 2.45) is 0 Å². The van der Waals surface area contributed by atoms with E-state index < -0.39 is 11.9 Å². The average Bonchev–Trinajstić information content (AvgIpc) is 0.888. The lowest BCUT2D eigenvalue weighted by molar-refractivity contribution is 0.0591. The summed E-state index contributed by atoms with van der Waals surface area (Å²) in [7, 11) is 14.3. The highest BCUT2D eigenvalue weighted by molar-refractivity contribution is 6.30. The molecule has 0 amide bonds. The first-order valence-corrected chi connectivity index (χ1v) is 47.3. The minimum absolute atomic E-state index is 0.254. The molecule has 11 rings (SSSR count). The molecule has 0 atom stereocenters. The molecule has 0 bridgehead atoms. The summed E-state index contributed by atoms with van der Waals surface area (Å²) < 4.78 is 91.6. The van der Waals surface area contributed by atoms with Gasteiger partial charge in [0, 0.05) is 19.2 Å². The zero-order valence-electron chi connectivity index (χ0n) is 86.2. The molecule has 0 spiro atoms. The first kappa shape index (κ1) is 127. The molecule has 11 aromatic rings. The van der Waals surface area contributed by atoms with Crippen molar-refractivity contribution >= 4 is 65.3 Å². The predicted octanol–water partition coefficient (Wildman–Crippen LogP) is 26.0. The first-order chi connectivity index (χ1) is 69.0. The van der Waals surface area contributed by atoms with Crippen LogP contribution < -0.4 is 28.4 Å². The fourth-order valence-electron chi connectivity index (χ4n) is 11.2. The molecule has 774 valence electrons. The van der Waals surface area contributed by atoms with Gasteiger partial charge in [-0.2, -0.15) is 0 Å². The van der Waals surface area contributed by atoms with Gasteiger partial charge in [0.1, 0.15) is 40.3 Å². The van der Waals surface area contributed by atoms with Gasteiger partial charge >= 0.3 is 53.7 Å². The molecular formula is C115H144ClFO26. The van der Waals surface area contributed by atoms with Crippen LogP contribution in [0.5, 0.6) is 34.5 Å². The average molecular weight is 2000 g/mol. The quantitative estimate of drug-likeness (QED) is 0.0213. The van der Waals surface area contributed by atoms with Crippen molar-refractivity contribution in [3.05, 3.63) is 356 Å². The van der Waals surface area contributed by atoms with E-state index in [1.165, 1.54) is 149 Å². The van der Waals surface area contributed by atoms with E-state index in [-0.39, 0.29) is 53.2 Å². The summed E-state index contributed by atoms with van der Waals surface area (Å²) in [6.45, 7) is 24.3. The number of carboxylic acids is 1. The monoisotopic (exact) mass is 1990 g/mol. The van der Waals surface area contributed by atoms with Crippen LogP contribution in [0.25, 0.3) is 0 Å². The molecule has 26 nitrogen and oxygen atoms in total. The summed E-state index contributed by atoms with van der Waals surface area (Å²) in [4.78, 5) is 98.1. The van der Waals surface area contributed by atoms with E-state index in [4.69, 9.17) is 54.6 Å². The molecule has 0 radical (unpaired) electrons. The number of benzene rings is 11. The highest BCUT2D eigenvalue weighted by atomic mass is 35.5. The second-order valence-corrected chi connectivity index (χ2v) is 31.0. The number of methoxy groups -OCH3 is 10. The molecule has 0 heterocycles. The van der Waals surface area contributed by atoms with Crippen LogP contribution in [0.1, 0.15) is 246 Å². The van der Waals surface area contributed by atoms with Gasteiger partial charge in [-0.15, -0.1) is 0 Å². The first-order valence-electron chi connectivity index (χ1n) is 46.9. The topological polar surface area (TPSA) is 322 Å². The summed E-state index contributed by atoms with van der Waals surface area (Å²) >= 11 is 5.52. The maximum Gasteiger partial charge on any atom is 0.337 e. The number of unbranched alkanes of at least 4 members (excludes halogenated alkanes) is 8. The fourth-order valence-corrected chi connectivity index (χ4v) is 11.3. The van der Waals surface area contributed by atoms with Crippen LogP contribution in [0, 0.1) is 26.6 Å². The molecule has 0 aliphatic rings. The molecule has 0 aliphatic heterocycles. The van der Waals surface area contributed by atoms with Crippen LogP contribution in [0.15, 0.2) is 267 Å². The third-order valence-corrected chi connectivity index (χ3v) is 19.4. The lowest BCUT2D eigenvalue weighted by Crippen LogP contribution is -2.01. The number of aromatic carboxylic acids is 1. The number of carboxylic acid groups (broad SMARTS) is 1. The van der Waals surface area contributed by atoms with Crippen LogP contribution in [-0.4, -0.2) is 170 Å². The van der Waals surface area contributed by atoms with E-state index in [0.29, 0.717) is 82.6 Å². The number of halogens is 2. The van der Waals surface area contributed by atoms with Crippen LogP contribution in [0.3, 0.4) is 0 Å². The van der Waals surface area contributed by atoms with Crippen molar-refractivity contribution in [3.63, 3.8) is 0 Å². The standard InChI is InChI=1S/C14H22O2.C13H18O3.C13H20O2.C12H16O3.C11H14O3.C10H12O3.3C9H10O2.C8H7FO2.C7H5ClO2/c1-3-4-5-6-11-16-14-9-7-13(8-10-14)12-15-2;1-3-4-5-10-16-12-8-6-11(7-9-12)13(14)15-2;1-3-4-5-10-15-13-8-6-12(7-9-13)11-14-2;1-3-4-9-15-11-7-5-10(6-8-11)12(13)14-2;1-3-8-14-10-6-4-9(5-7-10)11(12)13-2;1-3-13-9-6-4-8(5-7-9)10(11)12-2;3*1-7-3-5-8(6-4-7)9(10)11-2;1-11-8(10)6-2-4-7(9)5-3-6;8-6-3-1-5(2-4-6)7(9)10/h7-10H,3-6,11-12H2,1-2H3;6-9H,3-5,10H2,1-2H3;6-9H,3-5,10-11H2,1-2H3;5-8H,3-4,9H2,1-2H3;4-7H,3,8H2,1-2H3;4-7H,3H2,1-2H3;3*3-6H,1-2H3;2-5H,1H3;1-4H,(H,9,10). The van der Waals surface area contributed by atoms with Gasteiger partial charge in [0.2, 0.25) is 0 Å². The number of hydrogen-bond donors (Lipinski definition) is 1. The number of carbonyl (C=O) groups excluding carboxylic acids is 8. The van der Waals surface area contributed by atoms with E-state index >= 15 is 0 Å². The molecular weight excluding hydrogens is 1850 g/mol. The second kappa shape index (κ2) is 80.3. The number of ether oxygens (including phenoxy) is 16.